The number of ether oxygens (including phenoxy) is 1. The van der Waals surface area contributed by atoms with Crippen molar-refractivity contribution in [2.45, 2.75) is 124 Å². The largest absolute Gasteiger partial charge is 0.468 e. The molecule has 0 bridgehead atoms. The summed E-state index contributed by atoms with van der Waals surface area (Å²) in [6.45, 7) is 5.56. The van der Waals surface area contributed by atoms with E-state index >= 15 is 0 Å². The fourth-order valence-corrected chi connectivity index (χ4v) is 4.31. The first-order valence-electron chi connectivity index (χ1n) is 11.7. The second-order valence-corrected chi connectivity index (χ2v) is 9.62. The number of carbonyl (C=O) groups excluding carboxylic acids is 2. The van der Waals surface area contributed by atoms with Crippen LogP contribution in [0.25, 0.3) is 0 Å². The van der Waals surface area contributed by atoms with Crippen LogP contribution in [-0.2, 0) is 14.3 Å². The third-order valence-corrected chi connectivity index (χ3v) is 6.70. The molecule has 0 fully saturated rings. The fraction of sp³-hybridized carbons (Fsp3) is 0.917. The Hall–Kier alpha value is -0.510. The average molecular weight is 415 g/mol. The van der Waals surface area contributed by atoms with Crippen LogP contribution in [0.15, 0.2) is 0 Å². The van der Waals surface area contributed by atoms with Crippen LogP contribution in [0.5, 0.6) is 0 Å². The molecule has 0 aliphatic heterocycles. The molecule has 0 heterocycles. The van der Waals surface area contributed by atoms with E-state index in [-0.39, 0.29) is 5.12 Å². The van der Waals surface area contributed by atoms with E-state index in [1.54, 1.807) is 13.8 Å². The molecule has 0 saturated carbocycles. The molecule has 0 amide bonds. The highest BCUT2D eigenvalue weighted by atomic mass is 32.2. The highest BCUT2D eigenvalue weighted by Gasteiger charge is 2.36. The molecule has 3 nitrogen and oxygen atoms in total. The van der Waals surface area contributed by atoms with Crippen LogP contribution in [0.1, 0.15) is 124 Å². The number of hydrogen-bond acceptors (Lipinski definition) is 4. The minimum Gasteiger partial charge on any atom is -0.468 e. The van der Waals surface area contributed by atoms with Crippen LogP contribution >= 0.6 is 11.8 Å². The van der Waals surface area contributed by atoms with E-state index < -0.39 is 11.4 Å². The Morgan fingerprint density at radius 1 is 0.679 bits per heavy atom. The third-order valence-electron chi connectivity index (χ3n) is 5.44. The lowest BCUT2D eigenvalue weighted by atomic mass is 9.96. The normalized spacial score (nSPS) is 11.6. The zero-order chi connectivity index (χ0) is 21.1. The lowest BCUT2D eigenvalue weighted by molar-refractivity contribution is -0.153. The summed E-state index contributed by atoms with van der Waals surface area (Å²) in [5, 5.41) is -0.0830. The van der Waals surface area contributed by atoms with Gasteiger partial charge >= 0.3 is 5.97 Å². The zero-order valence-corrected chi connectivity index (χ0v) is 20.0. The van der Waals surface area contributed by atoms with Gasteiger partial charge in [0.25, 0.3) is 0 Å². The molecule has 0 aliphatic carbocycles. The van der Waals surface area contributed by atoms with Crippen LogP contribution in [0.3, 0.4) is 0 Å². The van der Waals surface area contributed by atoms with Crippen molar-refractivity contribution in [3.8, 4) is 0 Å². The van der Waals surface area contributed by atoms with Crippen LogP contribution in [0.4, 0.5) is 0 Å². The number of methoxy groups -OCH3 is 1. The first kappa shape index (κ1) is 27.5. The maximum atomic E-state index is 12.1. The second kappa shape index (κ2) is 18.5. The Morgan fingerprint density at radius 2 is 1.04 bits per heavy atom. The fourth-order valence-electron chi connectivity index (χ4n) is 3.33. The Balaban J connectivity index is 3.32. The molecule has 0 saturated heterocycles. The molecule has 166 valence electrons. The van der Waals surface area contributed by atoms with E-state index in [4.69, 9.17) is 4.74 Å². The van der Waals surface area contributed by atoms with Gasteiger partial charge in [-0.2, -0.15) is 0 Å². The SMILES string of the molecule is CCCCCCCCCCCCCCCCCCSC(=O)C(C)(C)C(=O)OC. The van der Waals surface area contributed by atoms with Crippen LogP contribution in [0, 0.1) is 5.41 Å². The quantitative estimate of drug-likeness (QED) is 0.123. The van der Waals surface area contributed by atoms with Crippen LogP contribution in [-0.4, -0.2) is 23.9 Å². The van der Waals surface area contributed by atoms with Gasteiger partial charge in [-0.1, -0.05) is 115 Å². The molecule has 0 spiro atoms. The average Bonchev–Trinajstić information content (AvgIpc) is 2.69. The number of esters is 1. The molecule has 0 aromatic heterocycles. The van der Waals surface area contributed by atoms with E-state index in [0.717, 1.165) is 12.2 Å². The molecular weight excluding hydrogens is 368 g/mol. The summed E-state index contributed by atoms with van der Waals surface area (Å²) >= 11 is 1.27. The van der Waals surface area contributed by atoms with Crippen molar-refractivity contribution in [1.29, 1.82) is 0 Å². The van der Waals surface area contributed by atoms with E-state index in [2.05, 4.69) is 6.92 Å². The van der Waals surface area contributed by atoms with Crippen LogP contribution < -0.4 is 0 Å². The Bertz CT molecular complexity index is 393. The maximum absolute atomic E-state index is 12.1. The Morgan fingerprint density at radius 3 is 1.39 bits per heavy atom. The van der Waals surface area contributed by atoms with E-state index in [0.29, 0.717) is 0 Å². The van der Waals surface area contributed by atoms with Gasteiger partial charge in [0.2, 0.25) is 5.12 Å². The molecule has 0 atom stereocenters. The van der Waals surface area contributed by atoms with Crippen molar-refractivity contribution in [3.05, 3.63) is 0 Å². The lowest BCUT2D eigenvalue weighted by Gasteiger charge is -2.18. The van der Waals surface area contributed by atoms with Crippen molar-refractivity contribution in [2.24, 2.45) is 5.41 Å². The summed E-state index contributed by atoms with van der Waals surface area (Å²) in [5.74, 6) is 0.356. The van der Waals surface area contributed by atoms with Gasteiger partial charge in [-0.15, -0.1) is 0 Å². The van der Waals surface area contributed by atoms with Gasteiger partial charge in [0.1, 0.15) is 5.41 Å². The molecule has 0 N–H and O–H groups in total. The zero-order valence-electron chi connectivity index (χ0n) is 19.2. The van der Waals surface area contributed by atoms with Crippen molar-refractivity contribution in [1.82, 2.24) is 0 Å². The maximum Gasteiger partial charge on any atom is 0.319 e. The number of rotatable bonds is 19. The van der Waals surface area contributed by atoms with Gasteiger partial charge in [0.15, 0.2) is 0 Å². The van der Waals surface area contributed by atoms with Gasteiger partial charge in [0.05, 0.1) is 7.11 Å². The van der Waals surface area contributed by atoms with Crippen LogP contribution in [0.2, 0.25) is 0 Å². The molecule has 0 unspecified atom stereocenters. The number of unbranched alkanes of at least 4 members (excludes halogenated alkanes) is 15. The summed E-state index contributed by atoms with van der Waals surface area (Å²) in [6.07, 6.45) is 21.6. The molecule has 0 aliphatic rings. The standard InChI is InChI=1S/C24H46O3S/c1-5-6-7-8-9-10-11-12-13-14-15-16-17-18-19-20-21-28-23(26)24(2,3)22(25)27-4/h5-21H2,1-4H3. The summed E-state index contributed by atoms with van der Waals surface area (Å²) in [5.41, 5.74) is -1.03. The summed E-state index contributed by atoms with van der Waals surface area (Å²) < 4.78 is 4.70. The number of hydrogen-bond donors (Lipinski definition) is 0. The first-order chi connectivity index (χ1) is 13.5. The predicted molar refractivity (Wildman–Crippen MR) is 123 cm³/mol. The monoisotopic (exact) mass is 414 g/mol. The molecule has 28 heavy (non-hydrogen) atoms. The van der Waals surface area contributed by atoms with E-state index in [9.17, 15) is 9.59 Å². The minimum absolute atomic E-state index is 0.0830. The molecule has 0 radical (unpaired) electrons. The highest BCUT2D eigenvalue weighted by Crippen LogP contribution is 2.26. The number of thioether (sulfide) groups is 1. The summed E-state index contributed by atoms with van der Waals surface area (Å²) in [4.78, 5) is 23.7. The minimum atomic E-state index is -1.03. The van der Waals surface area contributed by atoms with E-state index in [1.807, 2.05) is 0 Å². The second-order valence-electron chi connectivity index (χ2n) is 8.56. The summed E-state index contributed by atoms with van der Waals surface area (Å²) in [7, 11) is 1.33. The van der Waals surface area contributed by atoms with Crippen molar-refractivity contribution in [3.63, 3.8) is 0 Å². The molecule has 0 rings (SSSR count). The van der Waals surface area contributed by atoms with E-state index in [1.165, 1.54) is 115 Å². The van der Waals surface area contributed by atoms with Gasteiger partial charge < -0.3 is 4.74 Å². The first-order valence-corrected chi connectivity index (χ1v) is 12.7. The predicted octanol–water partition coefficient (Wildman–Crippen LogP) is 7.71. The van der Waals surface area contributed by atoms with Gasteiger partial charge in [-0.25, -0.2) is 0 Å². The topological polar surface area (TPSA) is 43.4 Å². The highest BCUT2D eigenvalue weighted by molar-refractivity contribution is 8.13. The molecule has 0 aromatic carbocycles. The lowest BCUT2D eigenvalue weighted by Crippen LogP contribution is -2.32. The van der Waals surface area contributed by atoms with Crippen molar-refractivity contribution < 1.29 is 14.3 Å². The Labute approximate surface area is 179 Å². The molecule has 4 heteroatoms. The third kappa shape index (κ3) is 14.5. The van der Waals surface area contributed by atoms with Crippen molar-refractivity contribution in [2.75, 3.05) is 12.9 Å². The molecular formula is C24H46O3S. The summed E-state index contributed by atoms with van der Waals surface area (Å²) in [6, 6.07) is 0. The Kier molecular flexibility index (Phi) is 18.2. The van der Waals surface area contributed by atoms with Gasteiger partial charge in [-0.3, -0.25) is 9.59 Å². The molecule has 0 aromatic rings. The van der Waals surface area contributed by atoms with Gasteiger partial charge in [0, 0.05) is 5.75 Å². The smallest absolute Gasteiger partial charge is 0.319 e. The van der Waals surface area contributed by atoms with Crippen molar-refractivity contribution >= 4 is 22.8 Å². The number of carbonyl (C=O) groups is 2. The van der Waals surface area contributed by atoms with Gasteiger partial charge in [-0.05, 0) is 20.3 Å².